The first-order valence-corrected chi connectivity index (χ1v) is 12.8. The Morgan fingerprint density at radius 1 is 1.29 bits per heavy atom. The van der Waals surface area contributed by atoms with Crippen molar-refractivity contribution in [2.75, 3.05) is 51.8 Å². The van der Waals surface area contributed by atoms with Crippen molar-refractivity contribution in [3.05, 3.63) is 70.6 Å². The summed E-state index contributed by atoms with van der Waals surface area (Å²) in [5.41, 5.74) is 5.00. The Balaban J connectivity index is 1.27. The van der Waals surface area contributed by atoms with E-state index in [1.54, 1.807) is 25.4 Å². The third-order valence-electron chi connectivity index (χ3n) is 6.92. The van der Waals surface area contributed by atoms with E-state index in [2.05, 4.69) is 33.2 Å². The van der Waals surface area contributed by atoms with Gasteiger partial charge in [-0.2, -0.15) is 0 Å². The van der Waals surface area contributed by atoms with Crippen molar-refractivity contribution in [3.63, 3.8) is 0 Å². The van der Waals surface area contributed by atoms with Crippen molar-refractivity contribution < 1.29 is 23.8 Å². The summed E-state index contributed by atoms with van der Waals surface area (Å²) < 4.78 is 16.5. The molecule has 0 saturated carbocycles. The van der Waals surface area contributed by atoms with Gasteiger partial charge < -0.3 is 29.2 Å². The van der Waals surface area contributed by atoms with Crippen molar-refractivity contribution in [3.8, 4) is 5.75 Å². The molecule has 204 valence electrons. The van der Waals surface area contributed by atoms with Gasteiger partial charge in [0.05, 0.1) is 18.4 Å². The highest BCUT2D eigenvalue weighted by Gasteiger charge is 2.22. The number of methoxy groups -OCH3 is 1. The zero-order valence-electron chi connectivity index (χ0n) is 22.6. The lowest BCUT2D eigenvalue weighted by Crippen LogP contribution is -2.42. The van der Waals surface area contributed by atoms with Crippen LogP contribution in [0, 0.1) is 13.8 Å². The van der Waals surface area contributed by atoms with Gasteiger partial charge in [0.25, 0.3) is 5.91 Å². The lowest BCUT2D eigenvalue weighted by Gasteiger charge is -2.31. The van der Waals surface area contributed by atoms with E-state index in [9.17, 15) is 9.90 Å². The number of amides is 1. The molecule has 0 unspecified atom stereocenters. The highest BCUT2D eigenvalue weighted by molar-refractivity contribution is 5.94. The molecule has 0 spiro atoms. The molecule has 0 fully saturated rings. The maximum atomic E-state index is 12.7. The lowest BCUT2D eigenvalue weighted by molar-refractivity contribution is 0.0841. The van der Waals surface area contributed by atoms with Crippen LogP contribution in [-0.4, -0.2) is 78.9 Å². The molecule has 1 atom stereocenters. The van der Waals surface area contributed by atoms with Gasteiger partial charge >= 0.3 is 0 Å². The molecule has 10 heteroatoms. The number of aryl methyl sites for hydroxylation is 1. The van der Waals surface area contributed by atoms with Gasteiger partial charge in [-0.15, -0.1) is 0 Å². The molecule has 0 aliphatic carbocycles. The van der Waals surface area contributed by atoms with E-state index >= 15 is 0 Å². The lowest BCUT2D eigenvalue weighted by atomic mass is 9.94. The number of fused-ring (bicyclic) bond motifs is 1. The topological polar surface area (TPSA) is 113 Å². The quantitative estimate of drug-likeness (QED) is 0.370. The number of aromatic nitrogens is 2. The third kappa shape index (κ3) is 6.89. The summed E-state index contributed by atoms with van der Waals surface area (Å²) in [6.45, 7) is 7.78. The smallest absolute Gasteiger partial charge is 0.251 e. The van der Waals surface area contributed by atoms with Crippen LogP contribution in [0.5, 0.6) is 5.75 Å². The Morgan fingerprint density at radius 3 is 2.89 bits per heavy atom. The molecule has 4 rings (SSSR count). The molecule has 0 radical (unpaired) electrons. The Bertz CT molecular complexity index is 1230. The second-order valence-electron chi connectivity index (χ2n) is 9.64. The molecule has 1 aliphatic heterocycles. The minimum absolute atomic E-state index is 0.173. The first-order chi connectivity index (χ1) is 18.4. The number of pyridine rings is 1. The van der Waals surface area contributed by atoms with E-state index in [4.69, 9.17) is 13.9 Å². The Kier molecular flexibility index (Phi) is 9.33. The molecule has 0 bridgehead atoms. The predicted molar refractivity (Wildman–Crippen MR) is 143 cm³/mol. The molecule has 10 nitrogen and oxygen atoms in total. The Hall–Kier alpha value is -3.47. The second-order valence-corrected chi connectivity index (χ2v) is 9.64. The maximum Gasteiger partial charge on any atom is 0.251 e. The van der Waals surface area contributed by atoms with E-state index in [0.29, 0.717) is 37.7 Å². The summed E-state index contributed by atoms with van der Waals surface area (Å²) in [7, 11) is 3.55. The van der Waals surface area contributed by atoms with E-state index < -0.39 is 6.10 Å². The summed E-state index contributed by atoms with van der Waals surface area (Å²) in [4.78, 5) is 25.3. The molecule has 1 aromatic carbocycles. The number of ether oxygens (including phenoxy) is 2. The number of nitrogens with one attached hydrogen (secondary N) is 1. The number of aliphatic hydroxyl groups is 1. The highest BCUT2D eigenvalue weighted by Crippen LogP contribution is 2.30. The fourth-order valence-electron chi connectivity index (χ4n) is 4.58. The highest BCUT2D eigenvalue weighted by atomic mass is 16.5. The number of hydrogen-bond acceptors (Lipinski definition) is 9. The monoisotopic (exact) mass is 523 g/mol. The number of oxazole rings is 1. The van der Waals surface area contributed by atoms with Gasteiger partial charge in [0.2, 0.25) is 0 Å². The van der Waals surface area contributed by atoms with Crippen LogP contribution in [0.1, 0.15) is 38.5 Å². The number of rotatable bonds is 12. The minimum Gasteiger partial charge on any atom is -0.485 e. The normalized spacial score (nSPS) is 14.1. The molecule has 2 N–H and O–H groups in total. The van der Waals surface area contributed by atoms with Gasteiger partial charge in [-0.1, -0.05) is 6.07 Å². The average molecular weight is 524 g/mol. The van der Waals surface area contributed by atoms with E-state index in [1.165, 1.54) is 17.5 Å². The van der Waals surface area contributed by atoms with Crippen molar-refractivity contribution in [2.45, 2.75) is 39.5 Å². The fraction of sp³-hybridized carbons (Fsp3) is 0.464. The largest absolute Gasteiger partial charge is 0.485 e. The van der Waals surface area contributed by atoms with E-state index in [1.807, 2.05) is 24.9 Å². The van der Waals surface area contributed by atoms with Crippen LogP contribution in [0.3, 0.4) is 0 Å². The number of aliphatic hydroxyl groups excluding tert-OH is 1. The standard InChI is InChI=1S/C28H37N5O5/c1-19-24-8-10-33(15-22(24)5-6-25(19)37-17-26-20(2)31-18-38-26)16-23(34)14-30-28(35)21-7-9-29-27(13-21)32(3)11-12-36-4/h5-7,9,13,18,23,34H,8,10-12,14-17H2,1-4H3,(H,30,35)/t23-/m0/s1. The zero-order valence-corrected chi connectivity index (χ0v) is 22.6. The van der Waals surface area contributed by atoms with Crippen LogP contribution in [0.15, 0.2) is 41.3 Å². The SMILES string of the molecule is COCCN(C)c1cc(C(=O)NC[C@H](O)CN2CCc3c(ccc(OCc4ocnc4C)c3C)C2)ccn1. The molecule has 1 aliphatic rings. The molecule has 2 aromatic heterocycles. The van der Waals surface area contributed by atoms with Crippen LogP contribution >= 0.6 is 0 Å². The number of β-amino-alcohol motifs (C(OH)–C–C–N with tert-alkyl or cyclic N) is 1. The van der Waals surface area contributed by atoms with Crippen LogP contribution in [0.25, 0.3) is 0 Å². The number of anilines is 1. The van der Waals surface area contributed by atoms with Gasteiger partial charge in [-0.05, 0) is 55.2 Å². The van der Waals surface area contributed by atoms with Crippen LogP contribution in [0.2, 0.25) is 0 Å². The summed E-state index contributed by atoms with van der Waals surface area (Å²) in [6, 6.07) is 7.50. The summed E-state index contributed by atoms with van der Waals surface area (Å²) in [5.74, 6) is 2.03. The van der Waals surface area contributed by atoms with Gasteiger partial charge in [-0.25, -0.2) is 9.97 Å². The molecule has 0 saturated heterocycles. The van der Waals surface area contributed by atoms with Gasteiger partial charge in [0.15, 0.2) is 12.2 Å². The molecular weight excluding hydrogens is 486 g/mol. The maximum absolute atomic E-state index is 12.7. The van der Waals surface area contributed by atoms with Gasteiger partial charge in [-0.3, -0.25) is 9.69 Å². The molecular formula is C28H37N5O5. The summed E-state index contributed by atoms with van der Waals surface area (Å²) in [6.07, 6.45) is 3.24. The molecule has 3 heterocycles. The van der Waals surface area contributed by atoms with Crippen molar-refractivity contribution in [2.24, 2.45) is 0 Å². The van der Waals surface area contributed by atoms with Gasteiger partial charge in [0, 0.05) is 58.6 Å². The Morgan fingerprint density at radius 2 is 2.13 bits per heavy atom. The summed E-state index contributed by atoms with van der Waals surface area (Å²) in [5, 5.41) is 13.5. The van der Waals surface area contributed by atoms with E-state index in [-0.39, 0.29) is 12.5 Å². The second kappa shape index (κ2) is 12.9. The number of nitrogens with zero attached hydrogens (tertiary/aromatic N) is 4. The number of hydrogen-bond donors (Lipinski definition) is 2. The van der Waals surface area contributed by atoms with Crippen LogP contribution in [0.4, 0.5) is 5.82 Å². The predicted octanol–water partition coefficient (Wildman–Crippen LogP) is 2.50. The number of likely N-dealkylation sites (N-methyl/N-ethyl adjacent to an activating group) is 1. The summed E-state index contributed by atoms with van der Waals surface area (Å²) >= 11 is 0. The van der Waals surface area contributed by atoms with Crippen molar-refractivity contribution in [1.29, 1.82) is 0 Å². The van der Waals surface area contributed by atoms with E-state index in [0.717, 1.165) is 42.3 Å². The molecule has 1 amide bonds. The average Bonchev–Trinajstić information content (AvgIpc) is 3.34. The molecule has 3 aromatic rings. The first-order valence-electron chi connectivity index (χ1n) is 12.8. The van der Waals surface area contributed by atoms with Crippen molar-refractivity contribution >= 4 is 11.7 Å². The number of carbonyl (C=O) groups is 1. The molecule has 38 heavy (non-hydrogen) atoms. The number of carbonyl (C=O) groups excluding carboxylic acids is 1. The Labute approximate surface area is 223 Å². The minimum atomic E-state index is -0.681. The van der Waals surface area contributed by atoms with Crippen LogP contribution in [-0.2, 0) is 24.3 Å². The number of benzene rings is 1. The first kappa shape index (κ1) is 27.6. The van der Waals surface area contributed by atoms with Crippen molar-refractivity contribution in [1.82, 2.24) is 20.2 Å². The zero-order chi connectivity index (χ0) is 27.1. The fourth-order valence-corrected chi connectivity index (χ4v) is 4.58. The van der Waals surface area contributed by atoms with Gasteiger partial charge in [0.1, 0.15) is 18.2 Å². The van der Waals surface area contributed by atoms with Crippen LogP contribution < -0.4 is 15.0 Å². The third-order valence-corrected chi connectivity index (χ3v) is 6.92.